The number of methoxy groups -OCH3 is 2. The van der Waals surface area contributed by atoms with Crippen LogP contribution >= 0.6 is 11.3 Å². The van der Waals surface area contributed by atoms with Gasteiger partial charge in [-0.15, -0.1) is 11.3 Å². The van der Waals surface area contributed by atoms with Crippen molar-refractivity contribution in [1.29, 1.82) is 5.26 Å². The normalized spacial score (nSPS) is 11.6. The van der Waals surface area contributed by atoms with Crippen LogP contribution in [0, 0.1) is 11.3 Å². The third kappa shape index (κ3) is 3.76. The van der Waals surface area contributed by atoms with E-state index in [4.69, 9.17) is 9.47 Å². The van der Waals surface area contributed by atoms with Crippen molar-refractivity contribution < 1.29 is 14.3 Å². The van der Waals surface area contributed by atoms with E-state index in [-0.39, 0.29) is 5.78 Å². The number of carbonyl (C=O) groups excluding carboxylic acids is 1. The van der Waals surface area contributed by atoms with Crippen LogP contribution in [0.5, 0.6) is 11.5 Å². The van der Waals surface area contributed by atoms with Crippen molar-refractivity contribution >= 4 is 27.9 Å². The van der Waals surface area contributed by atoms with Crippen LogP contribution in [-0.4, -0.2) is 25.0 Å². The van der Waals surface area contributed by atoms with Crippen LogP contribution in [0.15, 0.2) is 66.0 Å². The second kappa shape index (κ2) is 8.36. The van der Waals surface area contributed by atoms with Crippen LogP contribution in [0.2, 0.25) is 0 Å². The fraction of sp³-hybridized carbons (Fsp3) is 0.125. The predicted octanol–water partition coefficient (Wildman–Crippen LogP) is 5.47. The fourth-order valence-electron chi connectivity index (χ4n) is 3.21. The van der Waals surface area contributed by atoms with E-state index in [2.05, 4.69) is 11.1 Å². The Hall–Kier alpha value is -3.69. The second-order valence-corrected chi connectivity index (χ2v) is 7.54. The standard InChI is InChI=1S/C24H18N2O3S/c1-28-19-8-5-15(6-9-19)22-14-30-24(26-22)21(13-25)23(27)18-4-3-17-12-20(29-2)10-7-16(17)11-18/h3-12,14,21H,1-2H3. The molecule has 0 aliphatic carbocycles. The molecule has 3 aromatic carbocycles. The number of thiazole rings is 1. The molecule has 4 rings (SSSR count). The van der Waals surface area contributed by atoms with Crippen molar-refractivity contribution in [1.82, 2.24) is 4.98 Å². The number of rotatable bonds is 6. The van der Waals surface area contributed by atoms with E-state index in [0.717, 1.165) is 33.5 Å². The zero-order chi connectivity index (χ0) is 21.1. The van der Waals surface area contributed by atoms with Gasteiger partial charge in [-0.3, -0.25) is 4.79 Å². The molecule has 0 saturated heterocycles. The maximum Gasteiger partial charge on any atom is 0.186 e. The lowest BCUT2D eigenvalue weighted by molar-refractivity contribution is 0.0979. The smallest absolute Gasteiger partial charge is 0.186 e. The van der Waals surface area contributed by atoms with Crippen molar-refractivity contribution in [3.8, 4) is 28.8 Å². The molecule has 1 aromatic heterocycles. The molecule has 1 heterocycles. The number of hydrogen-bond acceptors (Lipinski definition) is 6. The number of carbonyl (C=O) groups is 1. The van der Waals surface area contributed by atoms with Gasteiger partial charge >= 0.3 is 0 Å². The number of fused-ring (bicyclic) bond motifs is 1. The summed E-state index contributed by atoms with van der Waals surface area (Å²) in [4.78, 5) is 17.6. The van der Waals surface area contributed by atoms with E-state index in [0.29, 0.717) is 10.6 Å². The number of aromatic nitrogens is 1. The number of ketones is 1. The molecule has 4 aromatic rings. The number of Topliss-reactive ketones (excluding diaryl/α,β-unsaturated/α-hetero) is 1. The monoisotopic (exact) mass is 414 g/mol. The largest absolute Gasteiger partial charge is 0.497 e. The van der Waals surface area contributed by atoms with Crippen LogP contribution in [0.1, 0.15) is 21.3 Å². The molecular formula is C24H18N2O3S. The van der Waals surface area contributed by atoms with E-state index in [9.17, 15) is 10.1 Å². The van der Waals surface area contributed by atoms with Gasteiger partial charge in [0, 0.05) is 16.5 Å². The quantitative estimate of drug-likeness (QED) is 0.391. The Kier molecular flexibility index (Phi) is 5.46. The number of hydrogen-bond donors (Lipinski definition) is 0. The van der Waals surface area contributed by atoms with E-state index in [1.54, 1.807) is 26.4 Å². The van der Waals surface area contributed by atoms with Gasteiger partial charge in [0.05, 0.1) is 26.0 Å². The highest BCUT2D eigenvalue weighted by Gasteiger charge is 2.25. The molecule has 0 N–H and O–H groups in total. The van der Waals surface area contributed by atoms with Gasteiger partial charge < -0.3 is 9.47 Å². The first kappa shape index (κ1) is 19.6. The van der Waals surface area contributed by atoms with Crippen LogP contribution < -0.4 is 9.47 Å². The van der Waals surface area contributed by atoms with Gasteiger partial charge in [0.1, 0.15) is 16.5 Å². The lowest BCUT2D eigenvalue weighted by atomic mass is 9.97. The lowest BCUT2D eigenvalue weighted by Gasteiger charge is -2.08. The Morgan fingerprint density at radius 1 is 0.967 bits per heavy atom. The third-order valence-corrected chi connectivity index (χ3v) is 5.79. The van der Waals surface area contributed by atoms with Crippen LogP contribution in [0.25, 0.3) is 22.0 Å². The molecule has 0 amide bonds. The molecule has 0 radical (unpaired) electrons. The Balaban J connectivity index is 1.62. The first-order chi connectivity index (χ1) is 14.6. The number of nitriles is 1. The summed E-state index contributed by atoms with van der Waals surface area (Å²) in [5.41, 5.74) is 2.12. The van der Waals surface area contributed by atoms with Gasteiger partial charge in [0.25, 0.3) is 0 Å². The Labute approximate surface area is 178 Å². The summed E-state index contributed by atoms with van der Waals surface area (Å²) in [5.74, 6) is 0.307. The van der Waals surface area contributed by atoms with Gasteiger partial charge in [-0.25, -0.2) is 4.98 Å². The van der Waals surface area contributed by atoms with Gasteiger partial charge in [-0.2, -0.15) is 5.26 Å². The van der Waals surface area contributed by atoms with Crippen LogP contribution in [-0.2, 0) is 0 Å². The summed E-state index contributed by atoms with van der Waals surface area (Å²) in [5, 5.41) is 13.9. The minimum Gasteiger partial charge on any atom is -0.497 e. The molecular weight excluding hydrogens is 396 g/mol. The SMILES string of the molecule is COc1ccc(-c2csc(C(C#N)C(=O)c3ccc4cc(OC)ccc4c3)n2)cc1. The van der Waals surface area contributed by atoms with Crippen LogP contribution in [0.4, 0.5) is 0 Å². The third-order valence-electron chi connectivity index (χ3n) is 4.88. The summed E-state index contributed by atoms with van der Waals surface area (Å²) in [6, 6.07) is 20.7. The summed E-state index contributed by atoms with van der Waals surface area (Å²) in [7, 11) is 3.23. The molecule has 148 valence electrons. The maximum atomic E-state index is 13.1. The Bertz CT molecular complexity index is 1260. The van der Waals surface area contributed by atoms with Gasteiger partial charge in [0.2, 0.25) is 0 Å². The lowest BCUT2D eigenvalue weighted by Crippen LogP contribution is -2.11. The molecule has 0 bridgehead atoms. The van der Waals surface area contributed by atoms with Crippen molar-refractivity contribution in [3.63, 3.8) is 0 Å². The van der Waals surface area contributed by atoms with E-state index < -0.39 is 5.92 Å². The summed E-state index contributed by atoms with van der Waals surface area (Å²) < 4.78 is 10.4. The van der Waals surface area contributed by atoms with E-state index in [1.807, 2.05) is 53.9 Å². The summed E-state index contributed by atoms with van der Waals surface area (Å²) in [6.45, 7) is 0. The predicted molar refractivity (Wildman–Crippen MR) is 117 cm³/mol. The molecule has 30 heavy (non-hydrogen) atoms. The van der Waals surface area contributed by atoms with Gasteiger partial charge in [0.15, 0.2) is 11.7 Å². The van der Waals surface area contributed by atoms with Gasteiger partial charge in [-0.05, 0) is 53.2 Å². The van der Waals surface area contributed by atoms with Crippen molar-refractivity contribution in [2.75, 3.05) is 14.2 Å². The number of nitrogens with zero attached hydrogens (tertiary/aromatic N) is 2. The molecule has 6 heteroatoms. The average Bonchev–Trinajstić information content (AvgIpc) is 3.28. The molecule has 1 atom stereocenters. The molecule has 0 fully saturated rings. The zero-order valence-electron chi connectivity index (χ0n) is 16.5. The van der Waals surface area contributed by atoms with Crippen LogP contribution in [0.3, 0.4) is 0 Å². The van der Waals surface area contributed by atoms with Gasteiger partial charge in [-0.1, -0.05) is 18.2 Å². The van der Waals surface area contributed by atoms with Crippen molar-refractivity contribution in [3.05, 3.63) is 76.6 Å². The first-order valence-corrected chi connectivity index (χ1v) is 10.1. The first-order valence-electron chi connectivity index (χ1n) is 9.24. The Morgan fingerprint density at radius 2 is 1.63 bits per heavy atom. The molecule has 0 aliphatic heterocycles. The molecule has 1 unspecified atom stereocenters. The maximum absolute atomic E-state index is 13.1. The summed E-state index contributed by atoms with van der Waals surface area (Å²) in [6.07, 6.45) is 0. The highest BCUT2D eigenvalue weighted by Crippen LogP contribution is 2.30. The van der Waals surface area contributed by atoms with Crippen molar-refractivity contribution in [2.24, 2.45) is 0 Å². The van der Waals surface area contributed by atoms with Crippen molar-refractivity contribution in [2.45, 2.75) is 5.92 Å². The molecule has 5 nitrogen and oxygen atoms in total. The minimum atomic E-state index is -0.947. The average molecular weight is 414 g/mol. The number of benzene rings is 3. The highest BCUT2D eigenvalue weighted by molar-refractivity contribution is 7.10. The minimum absolute atomic E-state index is 0.258. The molecule has 0 aliphatic rings. The molecule has 0 spiro atoms. The topological polar surface area (TPSA) is 72.2 Å². The summed E-state index contributed by atoms with van der Waals surface area (Å²) >= 11 is 1.32. The number of ether oxygens (including phenoxy) is 2. The molecule has 0 saturated carbocycles. The van der Waals surface area contributed by atoms with E-state index in [1.165, 1.54) is 11.3 Å². The second-order valence-electron chi connectivity index (χ2n) is 6.65. The highest BCUT2D eigenvalue weighted by atomic mass is 32.1. The Morgan fingerprint density at radius 3 is 2.33 bits per heavy atom. The van der Waals surface area contributed by atoms with E-state index >= 15 is 0 Å². The zero-order valence-corrected chi connectivity index (χ0v) is 17.3. The fourth-order valence-corrected chi connectivity index (χ4v) is 4.08.